The van der Waals surface area contributed by atoms with Crippen molar-refractivity contribution >= 4 is 27.3 Å². The van der Waals surface area contributed by atoms with E-state index in [1.165, 1.54) is 11.8 Å². The molecule has 0 bridgehead atoms. The van der Waals surface area contributed by atoms with Crippen molar-refractivity contribution < 1.29 is 8.42 Å². The van der Waals surface area contributed by atoms with Crippen LogP contribution in [0.1, 0.15) is 6.42 Å². The standard InChI is InChI=1S/C17H19ClN2O2S/c18-16-8-4-5-9-17(16)23(21,22)19-12-14-10-11-20(13-14)15-6-2-1-3-7-15/h1-9,14,19H,10-13H2. The summed E-state index contributed by atoms with van der Waals surface area (Å²) < 4.78 is 27.4. The first-order valence-corrected chi connectivity index (χ1v) is 9.46. The number of hydrogen-bond acceptors (Lipinski definition) is 3. The lowest BCUT2D eigenvalue weighted by molar-refractivity contribution is 0.541. The van der Waals surface area contributed by atoms with Crippen LogP contribution in [-0.4, -0.2) is 28.1 Å². The van der Waals surface area contributed by atoms with E-state index >= 15 is 0 Å². The number of benzene rings is 2. The summed E-state index contributed by atoms with van der Waals surface area (Å²) in [4.78, 5) is 2.42. The molecule has 0 aromatic heterocycles. The van der Waals surface area contributed by atoms with Crippen LogP contribution in [0.3, 0.4) is 0 Å². The molecule has 122 valence electrons. The van der Waals surface area contributed by atoms with E-state index in [-0.39, 0.29) is 9.92 Å². The van der Waals surface area contributed by atoms with Crippen LogP contribution in [-0.2, 0) is 10.0 Å². The number of anilines is 1. The molecule has 0 radical (unpaired) electrons. The zero-order chi connectivity index (χ0) is 16.3. The Bertz CT molecular complexity index is 765. The van der Waals surface area contributed by atoms with Crippen LogP contribution in [0.5, 0.6) is 0 Å². The molecule has 1 aliphatic heterocycles. The zero-order valence-corrected chi connectivity index (χ0v) is 14.2. The second kappa shape index (κ2) is 6.91. The normalized spacial score (nSPS) is 18.3. The average Bonchev–Trinajstić information content (AvgIpc) is 3.03. The molecule has 0 saturated carbocycles. The summed E-state index contributed by atoms with van der Waals surface area (Å²) in [6.07, 6.45) is 0.972. The van der Waals surface area contributed by atoms with Crippen molar-refractivity contribution in [2.24, 2.45) is 5.92 Å². The molecular formula is C17H19ClN2O2S. The molecule has 1 unspecified atom stereocenters. The van der Waals surface area contributed by atoms with Gasteiger partial charge < -0.3 is 4.90 Å². The molecule has 2 aromatic carbocycles. The highest BCUT2D eigenvalue weighted by atomic mass is 35.5. The van der Waals surface area contributed by atoms with Crippen molar-refractivity contribution in [3.8, 4) is 0 Å². The van der Waals surface area contributed by atoms with Crippen LogP contribution in [0.2, 0.25) is 5.02 Å². The molecule has 4 nitrogen and oxygen atoms in total. The van der Waals surface area contributed by atoms with Gasteiger partial charge in [0.2, 0.25) is 10.0 Å². The summed E-state index contributed by atoms with van der Waals surface area (Å²) in [6, 6.07) is 16.7. The van der Waals surface area contributed by atoms with Crippen molar-refractivity contribution in [3.05, 3.63) is 59.6 Å². The molecule has 23 heavy (non-hydrogen) atoms. The Morgan fingerprint density at radius 3 is 2.52 bits per heavy atom. The van der Waals surface area contributed by atoms with Gasteiger partial charge >= 0.3 is 0 Å². The fraction of sp³-hybridized carbons (Fsp3) is 0.294. The Labute approximate surface area is 142 Å². The Balaban J connectivity index is 1.60. The van der Waals surface area contributed by atoms with Crippen molar-refractivity contribution in [3.63, 3.8) is 0 Å². The van der Waals surface area contributed by atoms with Gasteiger partial charge in [0.05, 0.1) is 5.02 Å². The zero-order valence-electron chi connectivity index (χ0n) is 12.7. The van der Waals surface area contributed by atoms with Crippen LogP contribution in [0.25, 0.3) is 0 Å². The highest BCUT2D eigenvalue weighted by Crippen LogP contribution is 2.24. The molecule has 0 spiro atoms. The monoisotopic (exact) mass is 350 g/mol. The van der Waals surface area contributed by atoms with E-state index in [4.69, 9.17) is 11.6 Å². The lowest BCUT2D eigenvalue weighted by atomic mass is 10.1. The maximum absolute atomic E-state index is 12.4. The minimum absolute atomic E-state index is 0.138. The SMILES string of the molecule is O=S(=O)(NCC1CCN(c2ccccc2)C1)c1ccccc1Cl. The van der Waals surface area contributed by atoms with E-state index in [0.29, 0.717) is 12.5 Å². The third-order valence-electron chi connectivity index (χ3n) is 4.10. The van der Waals surface area contributed by atoms with E-state index in [0.717, 1.165) is 19.5 Å². The van der Waals surface area contributed by atoms with E-state index < -0.39 is 10.0 Å². The predicted octanol–water partition coefficient (Wildman–Crippen LogP) is 3.14. The number of nitrogens with one attached hydrogen (secondary N) is 1. The highest BCUT2D eigenvalue weighted by molar-refractivity contribution is 7.89. The quantitative estimate of drug-likeness (QED) is 0.901. The van der Waals surface area contributed by atoms with Crippen molar-refractivity contribution in [2.75, 3.05) is 24.5 Å². The molecule has 2 aromatic rings. The second-order valence-electron chi connectivity index (χ2n) is 5.72. The summed E-state index contributed by atoms with van der Waals surface area (Å²) in [6.45, 7) is 2.23. The average molecular weight is 351 g/mol. The molecule has 1 aliphatic rings. The summed E-state index contributed by atoms with van der Waals surface area (Å²) in [5.41, 5.74) is 1.18. The number of hydrogen-bond donors (Lipinski definition) is 1. The molecule has 0 aliphatic carbocycles. The molecule has 6 heteroatoms. The summed E-state index contributed by atoms with van der Waals surface area (Å²) in [7, 11) is -3.56. The Hall–Kier alpha value is -1.56. The number of rotatable bonds is 5. The van der Waals surface area contributed by atoms with Gasteiger partial charge in [-0.3, -0.25) is 0 Å². The van der Waals surface area contributed by atoms with Crippen LogP contribution in [0.15, 0.2) is 59.5 Å². The molecule has 0 amide bonds. The van der Waals surface area contributed by atoms with Crippen molar-refractivity contribution in [1.29, 1.82) is 0 Å². The van der Waals surface area contributed by atoms with E-state index in [1.54, 1.807) is 18.2 Å². The maximum Gasteiger partial charge on any atom is 0.242 e. The molecular weight excluding hydrogens is 332 g/mol. The number of para-hydroxylation sites is 1. The van der Waals surface area contributed by atoms with Crippen LogP contribution >= 0.6 is 11.6 Å². The Morgan fingerprint density at radius 2 is 1.78 bits per heavy atom. The molecule has 1 saturated heterocycles. The van der Waals surface area contributed by atoms with Gasteiger partial charge in [-0.15, -0.1) is 0 Å². The summed E-state index contributed by atoms with van der Waals surface area (Å²) in [5, 5.41) is 0.248. The first kappa shape index (κ1) is 16.3. The van der Waals surface area contributed by atoms with E-state index in [9.17, 15) is 8.42 Å². The smallest absolute Gasteiger partial charge is 0.242 e. The molecule has 1 heterocycles. The molecule has 3 rings (SSSR count). The van der Waals surface area contributed by atoms with Crippen LogP contribution < -0.4 is 9.62 Å². The number of nitrogens with zero attached hydrogens (tertiary/aromatic N) is 1. The first-order chi connectivity index (χ1) is 11.1. The Morgan fingerprint density at radius 1 is 1.09 bits per heavy atom. The number of sulfonamides is 1. The number of halogens is 1. The van der Waals surface area contributed by atoms with Crippen molar-refractivity contribution in [2.45, 2.75) is 11.3 Å². The van der Waals surface area contributed by atoms with Gasteiger partial charge in [-0.1, -0.05) is 41.9 Å². The van der Waals surface area contributed by atoms with Crippen LogP contribution in [0, 0.1) is 5.92 Å². The van der Waals surface area contributed by atoms with Crippen molar-refractivity contribution in [1.82, 2.24) is 4.72 Å². The van der Waals surface area contributed by atoms with Gasteiger partial charge in [-0.25, -0.2) is 13.1 Å². The largest absolute Gasteiger partial charge is 0.371 e. The fourth-order valence-electron chi connectivity index (χ4n) is 2.84. The topological polar surface area (TPSA) is 49.4 Å². The Kier molecular flexibility index (Phi) is 4.90. The predicted molar refractivity (Wildman–Crippen MR) is 93.4 cm³/mol. The van der Waals surface area contributed by atoms with Gasteiger partial charge in [0.15, 0.2) is 0 Å². The molecule has 1 fully saturated rings. The van der Waals surface area contributed by atoms with Gasteiger partial charge in [-0.2, -0.15) is 0 Å². The molecule has 1 N–H and O–H groups in total. The van der Waals surface area contributed by atoms with Gasteiger partial charge in [0, 0.05) is 25.3 Å². The highest BCUT2D eigenvalue weighted by Gasteiger charge is 2.25. The maximum atomic E-state index is 12.4. The van der Waals surface area contributed by atoms with E-state index in [2.05, 4.69) is 21.8 Å². The minimum atomic E-state index is -3.56. The minimum Gasteiger partial charge on any atom is -0.371 e. The third-order valence-corrected chi connectivity index (χ3v) is 6.02. The fourth-order valence-corrected chi connectivity index (χ4v) is 4.47. The van der Waals surface area contributed by atoms with Gasteiger partial charge in [0.25, 0.3) is 0 Å². The summed E-state index contributed by atoms with van der Waals surface area (Å²) in [5.74, 6) is 0.299. The van der Waals surface area contributed by atoms with Gasteiger partial charge in [-0.05, 0) is 36.6 Å². The first-order valence-electron chi connectivity index (χ1n) is 7.60. The summed E-state index contributed by atoms with van der Waals surface area (Å²) >= 11 is 5.98. The third kappa shape index (κ3) is 3.86. The lowest BCUT2D eigenvalue weighted by Gasteiger charge is -2.18. The van der Waals surface area contributed by atoms with Crippen LogP contribution in [0.4, 0.5) is 5.69 Å². The van der Waals surface area contributed by atoms with E-state index in [1.807, 2.05) is 18.2 Å². The van der Waals surface area contributed by atoms with Gasteiger partial charge in [0.1, 0.15) is 4.90 Å². The second-order valence-corrected chi connectivity index (χ2v) is 7.86. The molecule has 1 atom stereocenters. The lowest BCUT2D eigenvalue weighted by Crippen LogP contribution is -2.31.